The van der Waals surface area contributed by atoms with Gasteiger partial charge in [0.05, 0.1) is 0 Å². The number of hydrogen-bond acceptors (Lipinski definition) is 3. The van der Waals surface area contributed by atoms with Crippen LogP contribution in [0.5, 0.6) is 11.5 Å². The van der Waals surface area contributed by atoms with Gasteiger partial charge in [0, 0.05) is 10.9 Å². The lowest BCUT2D eigenvalue weighted by Gasteiger charge is -2.16. The maximum Gasteiger partial charge on any atom is 0.231 e. The SMILES string of the molecule is NCC(Cc1ccc2c(c1)OCO2)c1cccc(Cl)c1. The van der Waals surface area contributed by atoms with Gasteiger partial charge in [-0.05, 0) is 48.4 Å². The first-order valence-electron chi connectivity index (χ1n) is 6.60. The van der Waals surface area contributed by atoms with Crippen molar-refractivity contribution in [3.05, 3.63) is 58.6 Å². The second-order valence-corrected chi connectivity index (χ2v) is 5.32. The van der Waals surface area contributed by atoms with E-state index in [0.717, 1.165) is 28.5 Å². The smallest absolute Gasteiger partial charge is 0.231 e. The third kappa shape index (κ3) is 2.74. The Labute approximate surface area is 123 Å². The van der Waals surface area contributed by atoms with Gasteiger partial charge in [0.25, 0.3) is 0 Å². The van der Waals surface area contributed by atoms with E-state index in [4.69, 9.17) is 26.8 Å². The van der Waals surface area contributed by atoms with Crippen LogP contribution in [0.2, 0.25) is 5.02 Å². The minimum atomic E-state index is 0.245. The lowest BCUT2D eigenvalue weighted by Crippen LogP contribution is -2.15. The summed E-state index contributed by atoms with van der Waals surface area (Å²) in [4.78, 5) is 0. The molecule has 0 aromatic heterocycles. The molecule has 104 valence electrons. The molecule has 0 aliphatic carbocycles. The third-order valence-electron chi connectivity index (χ3n) is 3.52. The van der Waals surface area contributed by atoms with E-state index in [9.17, 15) is 0 Å². The summed E-state index contributed by atoms with van der Waals surface area (Å²) in [5.41, 5.74) is 8.27. The topological polar surface area (TPSA) is 44.5 Å². The summed E-state index contributed by atoms with van der Waals surface area (Å²) < 4.78 is 10.7. The van der Waals surface area contributed by atoms with Gasteiger partial charge in [0.1, 0.15) is 0 Å². The van der Waals surface area contributed by atoms with Crippen molar-refractivity contribution in [2.24, 2.45) is 5.73 Å². The molecule has 0 amide bonds. The Morgan fingerprint density at radius 1 is 1.10 bits per heavy atom. The highest BCUT2D eigenvalue weighted by atomic mass is 35.5. The van der Waals surface area contributed by atoms with Gasteiger partial charge >= 0.3 is 0 Å². The largest absolute Gasteiger partial charge is 0.454 e. The second kappa shape index (κ2) is 5.73. The Morgan fingerprint density at radius 3 is 2.75 bits per heavy atom. The maximum atomic E-state index is 6.05. The molecular weight excluding hydrogens is 274 g/mol. The number of hydrogen-bond donors (Lipinski definition) is 1. The van der Waals surface area contributed by atoms with E-state index in [1.54, 1.807) is 0 Å². The number of nitrogens with two attached hydrogens (primary N) is 1. The Bertz CT molecular complexity index is 615. The van der Waals surface area contributed by atoms with Crippen LogP contribution in [-0.4, -0.2) is 13.3 Å². The molecule has 1 aliphatic rings. The minimum absolute atomic E-state index is 0.245. The van der Waals surface area contributed by atoms with Gasteiger partial charge in [-0.3, -0.25) is 0 Å². The molecule has 0 spiro atoms. The van der Waals surface area contributed by atoms with Crippen molar-refractivity contribution in [2.45, 2.75) is 12.3 Å². The third-order valence-corrected chi connectivity index (χ3v) is 3.76. The van der Waals surface area contributed by atoms with Crippen molar-refractivity contribution in [1.82, 2.24) is 0 Å². The Morgan fingerprint density at radius 2 is 1.95 bits per heavy atom. The zero-order valence-corrected chi connectivity index (χ0v) is 11.8. The Hall–Kier alpha value is -1.71. The van der Waals surface area contributed by atoms with Gasteiger partial charge in [-0.2, -0.15) is 0 Å². The number of ether oxygens (including phenoxy) is 2. The van der Waals surface area contributed by atoms with Crippen LogP contribution < -0.4 is 15.2 Å². The highest BCUT2D eigenvalue weighted by molar-refractivity contribution is 6.30. The molecule has 3 nitrogen and oxygen atoms in total. The van der Waals surface area contributed by atoms with Crippen LogP contribution in [0.4, 0.5) is 0 Å². The van der Waals surface area contributed by atoms with Crippen molar-refractivity contribution in [2.75, 3.05) is 13.3 Å². The van der Waals surface area contributed by atoms with Gasteiger partial charge in [-0.1, -0.05) is 29.8 Å². The van der Waals surface area contributed by atoms with Crippen LogP contribution in [0.3, 0.4) is 0 Å². The summed E-state index contributed by atoms with van der Waals surface area (Å²) in [7, 11) is 0. The first-order valence-corrected chi connectivity index (χ1v) is 6.98. The fourth-order valence-electron chi connectivity index (χ4n) is 2.45. The first-order chi connectivity index (χ1) is 9.76. The average Bonchev–Trinajstić information content (AvgIpc) is 2.92. The summed E-state index contributed by atoms with van der Waals surface area (Å²) in [5.74, 6) is 1.86. The monoisotopic (exact) mass is 289 g/mol. The fourth-order valence-corrected chi connectivity index (χ4v) is 2.65. The highest BCUT2D eigenvalue weighted by Crippen LogP contribution is 2.34. The van der Waals surface area contributed by atoms with Crippen LogP contribution >= 0.6 is 11.6 Å². The molecule has 0 saturated carbocycles. The molecule has 0 fully saturated rings. The van der Waals surface area contributed by atoms with Crippen LogP contribution in [0.1, 0.15) is 17.0 Å². The molecule has 1 unspecified atom stereocenters. The first kappa shape index (κ1) is 13.3. The number of halogens is 1. The molecule has 4 heteroatoms. The van der Waals surface area contributed by atoms with Crippen molar-refractivity contribution in [1.29, 1.82) is 0 Å². The lowest BCUT2D eigenvalue weighted by atomic mass is 9.92. The van der Waals surface area contributed by atoms with Crippen LogP contribution in [0, 0.1) is 0 Å². The minimum Gasteiger partial charge on any atom is -0.454 e. The molecule has 2 aromatic carbocycles. The standard InChI is InChI=1S/C16H16ClNO2/c17-14-3-1-2-12(8-14)13(9-18)6-11-4-5-15-16(7-11)20-10-19-15/h1-5,7-8,13H,6,9-10,18H2. The van der Waals surface area contributed by atoms with E-state index in [1.807, 2.05) is 30.3 Å². The average molecular weight is 290 g/mol. The molecular formula is C16H16ClNO2. The molecule has 1 heterocycles. The van der Waals surface area contributed by atoms with Crippen LogP contribution in [0.25, 0.3) is 0 Å². The Kier molecular flexibility index (Phi) is 3.81. The number of benzene rings is 2. The summed E-state index contributed by atoms with van der Waals surface area (Å²) in [6, 6.07) is 13.9. The van der Waals surface area contributed by atoms with E-state index in [-0.39, 0.29) is 5.92 Å². The fraction of sp³-hybridized carbons (Fsp3) is 0.250. The number of fused-ring (bicyclic) bond motifs is 1. The summed E-state index contributed by atoms with van der Waals surface area (Å²) in [6.45, 7) is 0.877. The summed E-state index contributed by atoms with van der Waals surface area (Å²) in [6.07, 6.45) is 0.855. The second-order valence-electron chi connectivity index (χ2n) is 4.88. The molecule has 2 N–H and O–H groups in total. The van der Waals surface area contributed by atoms with Crippen LogP contribution in [-0.2, 0) is 6.42 Å². The molecule has 0 bridgehead atoms. The van der Waals surface area contributed by atoms with E-state index in [1.165, 1.54) is 5.56 Å². The highest BCUT2D eigenvalue weighted by Gasteiger charge is 2.16. The molecule has 0 saturated heterocycles. The van der Waals surface area contributed by atoms with Crippen LogP contribution in [0.15, 0.2) is 42.5 Å². The van der Waals surface area contributed by atoms with Gasteiger partial charge in [-0.25, -0.2) is 0 Å². The normalized spacial score (nSPS) is 14.3. The van der Waals surface area contributed by atoms with Gasteiger partial charge in [-0.15, -0.1) is 0 Å². The predicted octanol–water partition coefficient (Wildman–Crippen LogP) is 3.35. The zero-order chi connectivity index (χ0) is 13.9. The summed E-state index contributed by atoms with van der Waals surface area (Å²) in [5, 5.41) is 0.742. The van der Waals surface area contributed by atoms with Crippen molar-refractivity contribution >= 4 is 11.6 Å². The number of rotatable bonds is 4. The maximum absolute atomic E-state index is 6.05. The van der Waals surface area contributed by atoms with Crippen molar-refractivity contribution < 1.29 is 9.47 Å². The van der Waals surface area contributed by atoms with Gasteiger partial charge in [0.2, 0.25) is 6.79 Å². The molecule has 20 heavy (non-hydrogen) atoms. The molecule has 1 aliphatic heterocycles. The zero-order valence-electron chi connectivity index (χ0n) is 11.0. The van der Waals surface area contributed by atoms with Crippen molar-refractivity contribution in [3.8, 4) is 11.5 Å². The molecule has 0 radical (unpaired) electrons. The van der Waals surface area contributed by atoms with Crippen molar-refractivity contribution in [3.63, 3.8) is 0 Å². The van der Waals surface area contributed by atoms with Gasteiger partial charge < -0.3 is 15.2 Å². The Balaban J connectivity index is 1.81. The molecule has 2 aromatic rings. The summed E-state index contributed by atoms with van der Waals surface area (Å²) >= 11 is 6.05. The van der Waals surface area contributed by atoms with E-state index in [2.05, 4.69) is 12.1 Å². The quantitative estimate of drug-likeness (QED) is 0.939. The van der Waals surface area contributed by atoms with E-state index in [0.29, 0.717) is 13.3 Å². The molecule has 1 atom stereocenters. The van der Waals surface area contributed by atoms with E-state index < -0.39 is 0 Å². The lowest BCUT2D eigenvalue weighted by molar-refractivity contribution is 0.174. The molecule has 3 rings (SSSR count). The van der Waals surface area contributed by atoms with Gasteiger partial charge in [0.15, 0.2) is 11.5 Å². The van der Waals surface area contributed by atoms with E-state index >= 15 is 0 Å². The predicted molar refractivity (Wildman–Crippen MR) is 79.5 cm³/mol.